The van der Waals surface area contributed by atoms with E-state index in [1.165, 1.54) is 0 Å². The summed E-state index contributed by atoms with van der Waals surface area (Å²) >= 11 is 0. The van der Waals surface area contributed by atoms with Gasteiger partial charge in [0.1, 0.15) is 6.61 Å². The maximum atomic E-state index is 13.3. The summed E-state index contributed by atoms with van der Waals surface area (Å²) in [6.45, 7) is -1.36. The summed E-state index contributed by atoms with van der Waals surface area (Å²) in [6.07, 6.45) is -3.02. The van der Waals surface area contributed by atoms with Gasteiger partial charge in [0.2, 0.25) is 5.82 Å². The number of halogens is 5. The second kappa shape index (κ2) is 4.98. The first kappa shape index (κ1) is 13.2. The van der Waals surface area contributed by atoms with Crippen molar-refractivity contribution in [2.24, 2.45) is 0 Å². The normalized spacial score (nSPS) is 10.7. The van der Waals surface area contributed by atoms with E-state index in [1.54, 1.807) is 0 Å². The first-order chi connectivity index (χ1) is 7.84. The van der Waals surface area contributed by atoms with Gasteiger partial charge >= 0.3 is 0 Å². The van der Waals surface area contributed by atoms with Gasteiger partial charge in [0.25, 0.3) is 6.43 Å². The molecule has 0 spiro atoms. The molecule has 0 aliphatic rings. The van der Waals surface area contributed by atoms with Gasteiger partial charge < -0.3 is 15.3 Å². The van der Waals surface area contributed by atoms with E-state index < -0.39 is 47.7 Å². The quantitative estimate of drug-likeness (QED) is 0.382. The largest absolute Gasteiger partial charge is 0.859 e. The molecule has 94 valence electrons. The Kier molecular flexibility index (Phi) is 3.87. The summed E-state index contributed by atoms with van der Waals surface area (Å²) in [7, 11) is 0. The molecule has 1 aromatic rings. The molecule has 0 saturated carbocycles. The van der Waals surface area contributed by atoms with Gasteiger partial charge in [-0.15, -0.1) is 0 Å². The molecule has 8 heteroatoms. The Labute approximate surface area is 91.9 Å². The molecule has 0 unspecified atom stereocenters. The van der Waals surface area contributed by atoms with Crippen LogP contribution in [-0.4, -0.2) is 18.9 Å². The summed E-state index contributed by atoms with van der Waals surface area (Å²) in [5.74, 6) is -8.21. The van der Waals surface area contributed by atoms with E-state index in [0.29, 0.717) is 0 Å². The van der Waals surface area contributed by atoms with Gasteiger partial charge in [-0.2, -0.15) is 4.39 Å². The fourth-order valence-electron chi connectivity index (χ4n) is 1.02. The zero-order chi connectivity index (χ0) is 13.2. The van der Waals surface area contributed by atoms with Crippen LogP contribution in [0, 0.1) is 22.9 Å². The van der Waals surface area contributed by atoms with E-state index in [4.69, 9.17) is 5.41 Å². The van der Waals surface area contributed by atoms with Gasteiger partial charge in [0, 0.05) is 5.56 Å². The molecule has 0 saturated heterocycles. The van der Waals surface area contributed by atoms with Gasteiger partial charge in [-0.3, -0.25) is 0 Å². The van der Waals surface area contributed by atoms with Crippen molar-refractivity contribution in [1.82, 2.24) is 0 Å². The minimum atomic E-state index is -3.02. The molecule has 0 fully saturated rings. The molecule has 0 radical (unpaired) electrons. The average molecular weight is 254 g/mol. The highest BCUT2D eigenvalue weighted by molar-refractivity contribution is 5.88. The molecule has 0 aliphatic heterocycles. The summed E-state index contributed by atoms with van der Waals surface area (Å²) in [6, 6.07) is 0.162. The Morgan fingerprint density at radius 1 is 1.29 bits per heavy atom. The lowest BCUT2D eigenvalue weighted by Crippen LogP contribution is -2.20. The van der Waals surface area contributed by atoms with Crippen molar-refractivity contribution >= 4 is 5.90 Å². The second-order valence-electron chi connectivity index (χ2n) is 2.89. The van der Waals surface area contributed by atoms with Crippen LogP contribution in [-0.2, 0) is 0 Å². The Bertz CT molecular complexity index is 450. The highest BCUT2D eigenvalue weighted by Crippen LogP contribution is 2.27. The van der Waals surface area contributed by atoms with Gasteiger partial charge in [-0.1, -0.05) is 0 Å². The number of rotatable bonds is 4. The Morgan fingerprint density at radius 3 is 2.35 bits per heavy atom. The first-order valence-corrected chi connectivity index (χ1v) is 4.19. The van der Waals surface area contributed by atoms with Crippen LogP contribution in [0.1, 0.15) is 5.56 Å². The maximum Gasteiger partial charge on any atom is 0.272 e. The van der Waals surface area contributed by atoms with Gasteiger partial charge in [0.15, 0.2) is 17.4 Å². The molecule has 17 heavy (non-hydrogen) atoms. The van der Waals surface area contributed by atoms with Crippen LogP contribution in [0.2, 0.25) is 0 Å². The van der Waals surface area contributed by atoms with Crippen LogP contribution in [0.3, 0.4) is 0 Å². The fraction of sp³-hybridized carbons (Fsp3) is 0.222. The van der Waals surface area contributed by atoms with Crippen molar-refractivity contribution in [1.29, 1.82) is 5.41 Å². The minimum Gasteiger partial charge on any atom is -0.859 e. The summed E-state index contributed by atoms with van der Waals surface area (Å²) in [4.78, 5) is 0. The lowest BCUT2D eigenvalue weighted by molar-refractivity contribution is -0.214. The molecule has 1 N–H and O–H groups in total. The monoisotopic (exact) mass is 254 g/mol. The van der Waals surface area contributed by atoms with E-state index in [2.05, 4.69) is 4.74 Å². The van der Waals surface area contributed by atoms with Crippen molar-refractivity contribution < 1.29 is 31.8 Å². The first-order valence-electron chi connectivity index (χ1n) is 4.19. The lowest BCUT2D eigenvalue weighted by Gasteiger charge is -2.14. The molecule has 1 aromatic carbocycles. The Hall–Kier alpha value is -1.86. The molecule has 0 aliphatic carbocycles. The fourth-order valence-corrected chi connectivity index (χ4v) is 1.02. The number of alkyl halides is 2. The molecular weight excluding hydrogens is 249 g/mol. The minimum absolute atomic E-state index is 0.162. The van der Waals surface area contributed by atoms with Crippen LogP contribution < -0.4 is 9.84 Å². The molecule has 0 aromatic heterocycles. The van der Waals surface area contributed by atoms with Crippen molar-refractivity contribution in [3.8, 4) is 5.75 Å². The molecule has 0 atom stereocenters. The average Bonchev–Trinajstić information content (AvgIpc) is 2.22. The second-order valence-corrected chi connectivity index (χ2v) is 2.89. The standard InChI is InChI=1S/C9H6F5NO2/c10-4-1-3(9(15)16)6(13)8(7(4)14)17-2-5(11)12/h1,5H,2H2,(H2,15,16)/p-1. The van der Waals surface area contributed by atoms with Gasteiger partial charge in [0.05, 0.1) is 0 Å². The van der Waals surface area contributed by atoms with Crippen molar-refractivity contribution in [2.75, 3.05) is 6.61 Å². The Morgan fingerprint density at radius 2 is 1.88 bits per heavy atom. The third kappa shape index (κ3) is 2.83. The van der Waals surface area contributed by atoms with Crippen LogP contribution in [0.4, 0.5) is 22.0 Å². The highest BCUT2D eigenvalue weighted by atomic mass is 19.3. The zero-order valence-corrected chi connectivity index (χ0v) is 8.07. The third-order valence-electron chi connectivity index (χ3n) is 1.71. The van der Waals surface area contributed by atoms with E-state index in [1.807, 2.05) is 0 Å². The van der Waals surface area contributed by atoms with E-state index in [9.17, 15) is 27.1 Å². The van der Waals surface area contributed by atoms with Gasteiger partial charge in [-0.25, -0.2) is 17.6 Å². The topological polar surface area (TPSA) is 56.1 Å². The van der Waals surface area contributed by atoms with Gasteiger partial charge in [-0.05, 0) is 12.0 Å². The third-order valence-corrected chi connectivity index (χ3v) is 1.71. The molecular formula is C9H5F5NO2-. The van der Waals surface area contributed by atoms with E-state index >= 15 is 0 Å². The number of ether oxygens (including phenoxy) is 1. The van der Waals surface area contributed by atoms with Crippen LogP contribution in [0.5, 0.6) is 5.75 Å². The molecule has 0 bridgehead atoms. The summed E-state index contributed by atoms with van der Waals surface area (Å²) < 4.78 is 66.7. The smallest absolute Gasteiger partial charge is 0.272 e. The predicted octanol–water partition coefficient (Wildman–Crippen LogP) is 1.43. The number of nitrogens with one attached hydrogen (secondary N) is 1. The van der Waals surface area contributed by atoms with E-state index in [0.717, 1.165) is 0 Å². The van der Waals surface area contributed by atoms with Crippen LogP contribution in [0.25, 0.3) is 0 Å². The molecule has 0 heterocycles. The summed E-state index contributed by atoms with van der Waals surface area (Å²) in [5, 5.41) is 17.1. The maximum absolute atomic E-state index is 13.3. The van der Waals surface area contributed by atoms with Crippen LogP contribution >= 0.6 is 0 Å². The molecule has 0 amide bonds. The van der Waals surface area contributed by atoms with E-state index in [-0.39, 0.29) is 6.07 Å². The van der Waals surface area contributed by atoms with Crippen molar-refractivity contribution in [3.05, 3.63) is 29.1 Å². The predicted molar refractivity (Wildman–Crippen MR) is 44.6 cm³/mol. The molecule has 1 rings (SSSR count). The SMILES string of the molecule is N=C([O-])c1cc(F)c(F)c(OCC(F)F)c1F. The Balaban J connectivity index is 3.22. The van der Waals surface area contributed by atoms with Crippen molar-refractivity contribution in [2.45, 2.75) is 6.43 Å². The van der Waals surface area contributed by atoms with Crippen LogP contribution in [0.15, 0.2) is 6.07 Å². The number of hydrogen-bond donors (Lipinski definition) is 1. The van der Waals surface area contributed by atoms with Crippen molar-refractivity contribution in [3.63, 3.8) is 0 Å². The number of benzene rings is 1. The highest BCUT2D eigenvalue weighted by Gasteiger charge is 2.21. The number of hydrogen-bond acceptors (Lipinski definition) is 3. The lowest BCUT2D eigenvalue weighted by atomic mass is 10.2. The molecule has 3 nitrogen and oxygen atoms in total. The summed E-state index contributed by atoms with van der Waals surface area (Å²) in [5.41, 5.74) is -1.09. The zero-order valence-electron chi connectivity index (χ0n) is 8.07.